The minimum absolute atomic E-state index is 0.0774. The molecule has 0 spiro atoms. The predicted octanol–water partition coefficient (Wildman–Crippen LogP) is 1.88. The fraction of sp³-hybridized carbons (Fsp3) is 0.100. The van der Waals surface area contributed by atoms with Crippen molar-refractivity contribution >= 4 is 28.7 Å². The second-order valence-corrected chi connectivity index (χ2v) is 3.42. The first-order chi connectivity index (χ1) is 7.66. The maximum absolute atomic E-state index is 10.5. The molecule has 5 nitrogen and oxygen atoms in total. The summed E-state index contributed by atoms with van der Waals surface area (Å²) >= 11 is 5.88. The highest BCUT2D eigenvalue weighted by molar-refractivity contribution is 6.30. The molecule has 2 rings (SSSR count). The molecule has 1 amide bonds. The lowest BCUT2D eigenvalue weighted by atomic mass is 10.3. The van der Waals surface area contributed by atoms with Gasteiger partial charge in [-0.1, -0.05) is 23.7 Å². The monoisotopic (exact) mass is 237 g/mol. The summed E-state index contributed by atoms with van der Waals surface area (Å²) in [7, 11) is 0. The van der Waals surface area contributed by atoms with Crippen molar-refractivity contribution in [2.75, 3.05) is 0 Å². The number of benzene rings is 1. The van der Waals surface area contributed by atoms with Crippen LogP contribution in [-0.2, 0) is 11.3 Å². The van der Waals surface area contributed by atoms with E-state index in [-0.39, 0.29) is 11.8 Å². The van der Waals surface area contributed by atoms with Crippen molar-refractivity contribution in [1.29, 1.82) is 0 Å². The van der Waals surface area contributed by atoms with Crippen molar-refractivity contribution in [3.63, 3.8) is 0 Å². The molecular weight excluding hydrogens is 230 g/mol. The van der Waals surface area contributed by atoms with Gasteiger partial charge < -0.3 is 10.5 Å². The standard InChI is InChI=1S/C10H8ClN3O2/c11-9-8(5-16-10(12)15)13-6-3-1-2-4-7(6)14-9/h1-4H,5H2,(H2,12,15). The van der Waals surface area contributed by atoms with Crippen molar-refractivity contribution in [2.45, 2.75) is 6.61 Å². The number of carbonyl (C=O) groups excluding carboxylic acids is 1. The molecule has 82 valence electrons. The largest absolute Gasteiger partial charge is 0.443 e. The van der Waals surface area contributed by atoms with Gasteiger partial charge in [0.2, 0.25) is 0 Å². The topological polar surface area (TPSA) is 78.1 Å². The van der Waals surface area contributed by atoms with Gasteiger partial charge >= 0.3 is 6.09 Å². The summed E-state index contributed by atoms with van der Waals surface area (Å²) in [6, 6.07) is 7.27. The summed E-state index contributed by atoms with van der Waals surface area (Å²) in [5.41, 5.74) is 6.62. The molecule has 0 unspecified atom stereocenters. The Balaban J connectivity index is 2.38. The normalized spacial score (nSPS) is 10.3. The van der Waals surface area contributed by atoms with E-state index < -0.39 is 6.09 Å². The van der Waals surface area contributed by atoms with Crippen molar-refractivity contribution in [2.24, 2.45) is 5.73 Å². The number of nitrogens with zero attached hydrogens (tertiary/aromatic N) is 2. The van der Waals surface area contributed by atoms with Gasteiger partial charge in [-0.05, 0) is 12.1 Å². The molecule has 0 radical (unpaired) electrons. The number of ether oxygens (including phenoxy) is 1. The Morgan fingerprint density at radius 3 is 2.56 bits per heavy atom. The number of halogens is 1. The first-order valence-corrected chi connectivity index (χ1v) is 4.88. The van der Waals surface area contributed by atoms with Gasteiger partial charge in [0.1, 0.15) is 12.3 Å². The highest BCUT2D eigenvalue weighted by Crippen LogP contribution is 2.17. The highest BCUT2D eigenvalue weighted by atomic mass is 35.5. The van der Waals surface area contributed by atoms with E-state index in [2.05, 4.69) is 14.7 Å². The van der Waals surface area contributed by atoms with Gasteiger partial charge in [0.15, 0.2) is 5.15 Å². The van der Waals surface area contributed by atoms with E-state index in [0.717, 1.165) is 0 Å². The zero-order valence-corrected chi connectivity index (χ0v) is 8.94. The van der Waals surface area contributed by atoms with Crippen LogP contribution in [0.25, 0.3) is 11.0 Å². The van der Waals surface area contributed by atoms with Crippen molar-refractivity contribution < 1.29 is 9.53 Å². The van der Waals surface area contributed by atoms with E-state index >= 15 is 0 Å². The lowest BCUT2D eigenvalue weighted by Gasteiger charge is -2.04. The van der Waals surface area contributed by atoms with Crippen LogP contribution in [0.2, 0.25) is 5.15 Å². The van der Waals surface area contributed by atoms with Crippen molar-refractivity contribution in [3.05, 3.63) is 35.1 Å². The van der Waals surface area contributed by atoms with E-state index in [9.17, 15) is 4.79 Å². The molecule has 0 saturated carbocycles. The van der Waals surface area contributed by atoms with E-state index in [1.54, 1.807) is 12.1 Å². The number of aromatic nitrogens is 2. The Bertz CT molecular complexity index is 545. The first kappa shape index (κ1) is 10.6. The molecule has 0 aliphatic rings. The zero-order chi connectivity index (χ0) is 11.5. The number of hydrogen-bond acceptors (Lipinski definition) is 4. The minimum Gasteiger partial charge on any atom is -0.443 e. The van der Waals surface area contributed by atoms with Crippen LogP contribution < -0.4 is 5.73 Å². The number of amides is 1. The third-order valence-electron chi connectivity index (χ3n) is 1.95. The van der Waals surface area contributed by atoms with E-state index in [1.807, 2.05) is 12.1 Å². The second kappa shape index (κ2) is 4.32. The third-order valence-corrected chi connectivity index (χ3v) is 2.25. The fourth-order valence-corrected chi connectivity index (χ4v) is 1.43. The molecule has 1 heterocycles. The quantitative estimate of drug-likeness (QED) is 0.865. The first-order valence-electron chi connectivity index (χ1n) is 4.50. The number of rotatable bonds is 2. The summed E-state index contributed by atoms with van der Waals surface area (Å²) < 4.78 is 4.61. The van der Waals surface area contributed by atoms with Gasteiger partial charge in [0.25, 0.3) is 0 Å². The number of para-hydroxylation sites is 2. The average molecular weight is 238 g/mol. The average Bonchev–Trinajstić information content (AvgIpc) is 2.26. The summed E-state index contributed by atoms with van der Waals surface area (Å²) in [4.78, 5) is 18.8. The molecule has 0 bridgehead atoms. The molecule has 16 heavy (non-hydrogen) atoms. The van der Waals surface area contributed by atoms with Crippen molar-refractivity contribution in [1.82, 2.24) is 9.97 Å². The van der Waals surface area contributed by atoms with Crippen molar-refractivity contribution in [3.8, 4) is 0 Å². The number of nitrogens with two attached hydrogens (primary N) is 1. The van der Waals surface area contributed by atoms with Gasteiger partial charge in [-0.2, -0.15) is 0 Å². The maximum atomic E-state index is 10.5. The molecule has 6 heteroatoms. The molecule has 2 N–H and O–H groups in total. The lowest BCUT2D eigenvalue weighted by molar-refractivity contribution is 0.149. The van der Waals surface area contributed by atoms with Gasteiger partial charge in [0, 0.05) is 0 Å². The highest BCUT2D eigenvalue weighted by Gasteiger charge is 2.07. The van der Waals surface area contributed by atoms with Crippen LogP contribution in [0.5, 0.6) is 0 Å². The van der Waals surface area contributed by atoms with E-state index in [4.69, 9.17) is 17.3 Å². The zero-order valence-electron chi connectivity index (χ0n) is 8.18. The number of primary amides is 1. The molecule has 0 aliphatic heterocycles. The van der Waals surface area contributed by atoms with Crippen LogP contribution in [0.3, 0.4) is 0 Å². The van der Waals surface area contributed by atoms with E-state index in [0.29, 0.717) is 16.7 Å². The van der Waals surface area contributed by atoms with Gasteiger partial charge in [-0.25, -0.2) is 14.8 Å². The van der Waals surface area contributed by atoms with Crippen LogP contribution >= 0.6 is 11.6 Å². The lowest BCUT2D eigenvalue weighted by Crippen LogP contribution is -2.13. The third kappa shape index (κ3) is 2.20. The second-order valence-electron chi connectivity index (χ2n) is 3.06. The van der Waals surface area contributed by atoms with Crippen LogP contribution in [-0.4, -0.2) is 16.1 Å². The van der Waals surface area contributed by atoms with Gasteiger partial charge in [0.05, 0.1) is 11.0 Å². The Morgan fingerprint density at radius 2 is 1.94 bits per heavy atom. The Labute approximate surface area is 96.2 Å². The summed E-state index contributed by atoms with van der Waals surface area (Å²) in [5.74, 6) is 0. The van der Waals surface area contributed by atoms with Crippen LogP contribution in [0.15, 0.2) is 24.3 Å². The Kier molecular flexibility index (Phi) is 2.87. The molecule has 0 aliphatic carbocycles. The van der Waals surface area contributed by atoms with E-state index in [1.165, 1.54) is 0 Å². The molecule has 2 aromatic rings. The molecule has 0 fully saturated rings. The predicted molar refractivity (Wildman–Crippen MR) is 58.9 cm³/mol. The minimum atomic E-state index is -0.869. The molecular formula is C10H8ClN3O2. The van der Waals surface area contributed by atoms with Gasteiger partial charge in [-0.3, -0.25) is 0 Å². The molecule has 0 atom stereocenters. The smallest absolute Gasteiger partial charge is 0.404 e. The molecule has 0 saturated heterocycles. The summed E-state index contributed by atoms with van der Waals surface area (Å²) in [5, 5.41) is 0.208. The Morgan fingerprint density at radius 1 is 1.31 bits per heavy atom. The van der Waals surface area contributed by atoms with Crippen LogP contribution in [0, 0.1) is 0 Å². The SMILES string of the molecule is NC(=O)OCc1nc2ccccc2nc1Cl. The van der Waals surface area contributed by atoms with Gasteiger partial charge in [-0.15, -0.1) is 0 Å². The fourth-order valence-electron chi connectivity index (χ4n) is 1.25. The number of hydrogen-bond donors (Lipinski definition) is 1. The molecule has 1 aromatic carbocycles. The summed E-state index contributed by atoms with van der Waals surface area (Å²) in [6.45, 7) is -0.0774. The maximum Gasteiger partial charge on any atom is 0.404 e. The van der Waals surface area contributed by atoms with Crippen LogP contribution in [0.1, 0.15) is 5.69 Å². The number of fused-ring (bicyclic) bond motifs is 1. The Hall–Kier alpha value is -1.88. The number of carbonyl (C=O) groups is 1. The summed E-state index contributed by atoms with van der Waals surface area (Å²) in [6.07, 6.45) is -0.869. The molecule has 1 aromatic heterocycles. The van der Waals surface area contributed by atoms with Crippen LogP contribution in [0.4, 0.5) is 4.79 Å².